The molecule has 0 aliphatic heterocycles. The van der Waals surface area contributed by atoms with Crippen LogP contribution in [-0.4, -0.2) is 43.9 Å². The Kier molecular flexibility index (Phi) is 7.08. The molecule has 6 nitrogen and oxygen atoms in total. The summed E-state index contributed by atoms with van der Waals surface area (Å²) in [6.07, 6.45) is 2.74. The van der Waals surface area contributed by atoms with Gasteiger partial charge in [-0.1, -0.05) is 37.1 Å². The molecule has 150 valence electrons. The predicted octanol–water partition coefficient (Wildman–Crippen LogP) is 2.74. The first-order valence-electron chi connectivity index (χ1n) is 9.12. The summed E-state index contributed by atoms with van der Waals surface area (Å²) in [7, 11) is 0. The molecule has 0 radical (unpaired) electrons. The minimum Gasteiger partial charge on any atom is -0.508 e. The molecule has 1 aliphatic rings. The van der Waals surface area contributed by atoms with E-state index >= 15 is 0 Å². The van der Waals surface area contributed by atoms with E-state index in [-0.39, 0.29) is 12.8 Å². The van der Waals surface area contributed by atoms with Gasteiger partial charge in [-0.25, -0.2) is 0 Å². The highest BCUT2D eigenvalue weighted by Gasteiger charge is 2.68. The summed E-state index contributed by atoms with van der Waals surface area (Å²) >= 11 is 0. The molecule has 0 aromatic carbocycles. The predicted molar refractivity (Wildman–Crippen MR) is 102 cm³/mol. The minimum absolute atomic E-state index is 0.306. The molecule has 6 heteroatoms. The number of aliphatic hydroxyl groups excluding tert-OH is 1. The average molecular weight is 378 g/mol. The lowest BCUT2D eigenvalue weighted by atomic mass is 9.76. The fraction of sp³-hybridized carbons (Fsp3) is 0.571. The first kappa shape index (κ1) is 23.0. The van der Waals surface area contributed by atoms with Gasteiger partial charge in [0, 0.05) is 18.8 Å². The number of ketones is 3. The molecular formula is C21H30O6. The molecule has 0 heterocycles. The van der Waals surface area contributed by atoms with Gasteiger partial charge in [0.2, 0.25) is 11.4 Å². The second-order valence-electron chi connectivity index (χ2n) is 7.69. The van der Waals surface area contributed by atoms with Crippen LogP contribution in [0.2, 0.25) is 0 Å². The summed E-state index contributed by atoms with van der Waals surface area (Å²) in [5, 5.41) is 32.7. The van der Waals surface area contributed by atoms with Gasteiger partial charge in [0.25, 0.3) is 0 Å². The Morgan fingerprint density at radius 3 is 2.04 bits per heavy atom. The van der Waals surface area contributed by atoms with Gasteiger partial charge in [0.15, 0.2) is 17.2 Å². The molecule has 0 aromatic heterocycles. The van der Waals surface area contributed by atoms with E-state index in [2.05, 4.69) is 0 Å². The van der Waals surface area contributed by atoms with Crippen molar-refractivity contribution in [2.75, 3.05) is 0 Å². The van der Waals surface area contributed by atoms with Crippen molar-refractivity contribution in [2.45, 2.75) is 72.0 Å². The third-order valence-electron chi connectivity index (χ3n) is 4.99. The fourth-order valence-electron chi connectivity index (χ4n) is 2.91. The molecule has 0 amide bonds. The van der Waals surface area contributed by atoms with Crippen LogP contribution in [0.3, 0.4) is 0 Å². The van der Waals surface area contributed by atoms with Crippen LogP contribution in [0.1, 0.15) is 60.8 Å². The molecule has 0 bridgehead atoms. The summed E-state index contributed by atoms with van der Waals surface area (Å²) in [6, 6.07) is 0. The second-order valence-corrected chi connectivity index (χ2v) is 7.69. The Balaban J connectivity index is 3.60. The van der Waals surface area contributed by atoms with E-state index in [1.165, 1.54) is 12.2 Å². The van der Waals surface area contributed by atoms with E-state index in [9.17, 15) is 29.7 Å². The highest BCUT2D eigenvalue weighted by atomic mass is 16.4. The standard InChI is InChI=1S/C21H30O6/c1-7-14(6)17(23)16-18(24)20(26,11-10-13(4)5)21(27,19(16)25)15(22)9-8-12(2)3/h8,10,14,24,26-27H,7,9,11H2,1-6H3/t14?,20-,21+/m0/s1. The van der Waals surface area contributed by atoms with Gasteiger partial charge in [-0.3, -0.25) is 14.4 Å². The maximum Gasteiger partial charge on any atom is 0.223 e. The molecule has 1 aliphatic carbocycles. The zero-order valence-electron chi connectivity index (χ0n) is 16.9. The maximum atomic E-state index is 12.9. The first-order valence-corrected chi connectivity index (χ1v) is 9.12. The largest absolute Gasteiger partial charge is 0.508 e. The average Bonchev–Trinajstić information content (AvgIpc) is 2.75. The highest BCUT2D eigenvalue weighted by Crippen LogP contribution is 2.45. The topological polar surface area (TPSA) is 112 Å². The van der Waals surface area contributed by atoms with Crippen LogP contribution in [0, 0.1) is 5.92 Å². The lowest BCUT2D eigenvalue weighted by Crippen LogP contribution is -2.61. The highest BCUT2D eigenvalue weighted by molar-refractivity contribution is 6.33. The molecule has 3 atom stereocenters. The zero-order valence-corrected chi connectivity index (χ0v) is 16.9. The number of hydrogen-bond donors (Lipinski definition) is 3. The minimum atomic E-state index is -2.91. The molecule has 0 aromatic rings. The van der Waals surface area contributed by atoms with Crippen molar-refractivity contribution in [3.8, 4) is 0 Å². The number of hydrogen-bond acceptors (Lipinski definition) is 6. The van der Waals surface area contributed by atoms with E-state index < -0.39 is 45.8 Å². The molecule has 0 fully saturated rings. The van der Waals surface area contributed by atoms with Crippen molar-refractivity contribution in [3.05, 3.63) is 34.6 Å². The lowest BCUT2D eigenvalue weighted by Gasteiger charge is -2.35. The fourth-order valence-corrected chi connectivity index (χ4v) is 2.91. The van der Waals surface area contributed by atoms with Crippen LogP contribution >= 0.6 is 0 Å². The van der Waals surface area contributed by atoms with Crippen LogP contribution in [0.5, 0.6) is 0 Å². The summed E-state index contributed by atoms with van der Waals surface area (Å²) < 4.78 is 0. The van der Waals surface area contributed by atoms with Crippen molar-refractivity contribution in [1.29, 1.82) is 0 Å². The number of aliphatic hydroxyl groups is 3. The quantitative estimate of drug-likeness (QED) is 0.340. The smallest absolute Gasteiger partial charge is 0.223 e. The third-order valence-corrected chi connectivity index (χ3v) is 4.99. The third kappa shape index (κ3) is 3.96. The van der Waals surface area contributed by atoms with Crippen LogP contribution < -0.4 is 0 Å². The number of allylic oxidation sites excluding steroid dienone is 3. The van der Waals surface area contributed by atoms with Crippen molar-refractivity contribution < 1.29 is 29.7 Å². The normalized spacial score (nSPS) is 26.0. The summed E-state index contributed by atoms with van der Waals surface area (Å²) in [5.74, 6) is -4.42. The van der Waals surface area contributed by atoms with Crippen LogP contribution in [0.25, 0.3) is 0 Å². The lowest BCUT2D eigenvalue weighted by molar-refractivity contribution is -0.171. The summed E-state index contributed by atoms with van der Waals surface area (Å²) in [5.41, 5.74) is -4.62. The SMILES string of the molecule is CCC(C)C(=O)C1=C(O)[C@@](O)(CC=C(C)C)[C@@](O)(C(=O)CC=C(C)C)C1=O. The van der Waals surface area contributed by atoms with E-state index in [0.717, 1.165) is 11.1 Å². The number of rotatable bonds is 8. The molecule has 0 saturated carbocycles. The van der Waals surface area contributed by atoms with Gasteiger partial charge in [-0.2, -0.15) is 0 Å². The molecule has 1 rings (SSSR count). The van der Waals surface area contributed by atoms with Gasteiger partial charge in [-0.05, 0) is 34.1 Å². The van der Waals surface area contributed by atoms with E-state index in [1.54, 1.807) is 41.5 Å². The Labute approximate surface area is 160 Å². The molecule has 1 unspecified atom stereocenters. The zero-order chi connectivity index (χ0) is 21.2. The number of carbonyl (C=O) groups is 3. The number of Topliss-reactive ketones (excluding diaryl/α,β-unsaturated/α-hetero) is 3. The van der Waals surface area contributed by atoms with Gasteiger partial charge in [0.05, 0.1) is 0 Å². The van der Waals surface area contributed by atoms with Gasteiger partial charge >= 0.3 is 0 Å². The Bertz CT molecular complexity index is 734. The monoisotopic (exact) mass is 378 g/mol. The van der Waals surface area contributed by atoms with Crippen molar-refractivity contribution >= 4 is 17.3 Å². The molecule has 3 N–H and O–H groups in total. The maximum absolute atomic E-state index is 12.9. The number of carbonyl (C=O) groups excluding carboxylic acids is 3. The first-order chi connectivity index (χ1) is 12.3. The van der Waals surface area contributed by atoms with Crippen molar-refractivity contribution in [2.24, 2.45) is 5.92 Å². The van der Waals surface area contributed by atoms with E-state index in [1.807, 2.05) is 0 Å². The molecule has 27 heavy (non-hydrogen) atoms. The van der Waals surface area contributed by atoms with Crippen LogP contribution in [0.4, 0.5) is 0 Å². The van der Waals surface area contributed by atoms with Gasteiger partial charge < -0.3 is 15.3 Å². The van der Waals surface area contributed by atoms with Crippen LogP contribution in [-0.2, 0) is 14.4 Å². The second kappa shape index (κ2) is 8.31. The molecular weight excluding hydrogens is 348 g/mol. The summed E-state index contributed by atoms with van der Waals surface area (Å²) in [4.78, 5) is 38.3. The van der Waals surface area contributed by atoms with E-state index in [0.29, 0.717) is 6.42 Å². The Hall–Kier alpha value is -2.05. The van der Waals surface area contributed by atoms with E-state index in [4.69, 9.17) is 0 Å². The van der Waals surface area contributed by atoms with Gasteiger partial charge in [0.1, 0.15) is 11.3 Å². The van der Waals surface area contributed by atoms with Crippen molar-refractivity contribution in [3.63, 3.8) is 0 Å². The summed E-state index contributed by atoms with van der Waals surface area (Å²) in [6.45, 7) is 10.3. The Morgan fingerprint density at radius 2 is 1.59 bits per heavy atom. The van der Waals surface area contributed by atoms with Crippen LogP contribution in [0.15, 0.2) is 34.6 Å². The van der Waals surface area contributed by atoms with Gasteiger partial charge in [-0.15, -0.1) is 0 Å². The Morgan fingerprint density at radius 1 is 1.07 bits per heavy atom. The molecule has 0 saturated heterocycles. The molecule has 0 spiro atoms. The van der Waals surface area contributed by atoms with Crippen molar-refractivity contribution in [1.82, 2.24) is 0 Å².